The molecule has 1 saturated heterocycles. The molecular formula is C20H24N4O2. The second kappa shape index (κ2) is 7.33. The Balaban J connectivity index is 1.36. The third-order valence-electron chi connectivity index (χ3n) is 4.98. The molecule has 6 heteroatoms. The van der Waals surface area contributed by atoms with Crippen LogP contribution in [-0.2, 0) is 13.6 Å². The summed E-state index contributed by atoms with van der Waals surface area (Å²) in [7, 11) is 3.65. The summed E-state index contributed by atoms with van der Waals surface area (Å²) in [5.41, 5.74) is 2.20. The van der Waals surface area contributed by atoms with Gasteiger partial charge in [-0.25, -0.2) is 4.98 Å². The lowest BCUT2D eigenvalue weighted by Gasteiger charge is -2.32. The molecule has 0 amide bonds. The number of likely N-dealkylation sites (tertiary alicyclic amines) is 1. The van der Waals surface area contributed by atoms with Gasteiger partial charge in [0.25, 0.3) is 0 Å². The molecule has 3 heterocycles. The van der Waals surface area contributed by atoms with Crippen LogP contribution in [0.5, 0.6) is 11.8 Å². The molecule has 0 atom stereocenters. The number of methoxy groups -OCH3 is 1. The highest BCUT2D eigenvalue weighted by Crippen LogP contribution is 2.28. The summed E-state index contributed by atoms with van der Waals surface area (Å²) < 4.78 is 13.6. The van der Waals surface area contributed by atoms with Gasteiger partial charge in [-0.05, 0) is 37.1 Å². The Kier molecular flexibility index (Phi) is 4.75. The zero-order valence-electron chi connectivity index (χ0n) is 15.3. The molecule has 1 aromatic carbocycles. The maximum atomic E-state index is 6.33. The van der Waals surface area contributed by atoms with Crippen LogP contribution in [-0.4, -0.2) is 45.7 Å². The Bertz CT molecular complexity index is 884. The number of aryl methyl sites for hydroxylation is 1. The van der Waals surface area contributed by atoms with Crippen LogP contribution in [0, 0.1) is 0 Å². The maximum Gasteiger partial charge on any atom is 0.316 e. The molecule has 1 aliphatic heterocycles. The predicted molar refractivity (Wildman–Crippen MR) is 100 cm³/mol. The second-order valence-corrected chi connectivity index (χ2v) is 6.74. The van der Waals surface area contributed by atoms with E-state index in [1.54, 1.807) is 13.3 Å². The van der Waals surface area contributed by atoms with Crippen molar-refractivity contribution in [1.29, 1.82) is 0 Å². The van der Waals surface area contributed by atoms with Crippen LogP contribution in [0.15, 0.2) is 42.7 Å². The van der Waals surface area contributed by atoms with Crippen LogP contribution in [0.1, 0.15) is 18.5 Å². The van der Waals surface area contributed by atoms with Crippen molar-refractivity contribution in [2.45, 2.75) is 25.5 Å². The minimum atomic E-state index is 0.261. The lowest BCUT2D eigenvalue weighted by molar-refractivity contribution is 0.0971. The van der Waals surface area contributed by atoms with Gasteiger partial charge in [0.2, 0.25) is 0 Å². The number of fused-ring (bicyclic) bond motifs is 1. The first-order valence-corrected chi connectivity index (χ1v) is 9.02. The van der Waals surface area contributed by atoms with Crippen LogP contribution in [0.25, 0.3) is 10.9 Å². The topological polar surface area (TPSA) is 52.4 Å². The average Bonchev–Trinajstić information content (AvgIpc) is 3.06. The van der Waals surface area contributed by atoms with Crippen molar-refractivity contribution < 1.29 is 9.47 Å². The van der Waals surface area contributed by atoms with Gasteiger partial charge in [0.15, 0.2) is 0 Å². The lowest BCUT2D eigenvalue weighted by Crippen LogP contribution is -2.38. The number of hydrogen-bond donors (Lipinski definition) is 0. The molecule has 136 valence electrons. The largest absolute Gasteiger partial charge is 0.490 e. The summed E-state index contributed by atoms with van der Waals surface area (Å²) in [4.78, 5) is 10.9. The fourth-order valence-electron chi connectivity index (χ4n) is 3.53. The average molecular weight is 352 g/mol. The van der Waals surface area contributed by atoms with E-state index in [1.165, 1.54) is 10.9 Å². The van der Waals surface area contributed by atoms with Crippen molar-refractivity contribution in [1.82, 2.24) is 19.4 Å². The lowest BCUT2D eigenvalue weighted by atomic mass is 10.1. The Morgan fingerprint density at radius 1 is 1.15 bits per heavy atom. The van der Waals surface area contributed by atoms with Crippen molar-refractivity contribution in [2.24, 2.45) is 7.05 Å². The number of piperidine rings is 1. The van der Waals surface area contributed by atoms with Crippen molar-refractivity contribution in [3.8, 4) is 11.8 Å². The summed E-state index contributed by atoms with van der Waals surface area (Å²) in [6, 6.07) is 10.8. The minimum Gasteiger partial charge on any atom is -0.490 e. The van der Waals surface area contributed by atoms with E-state index < -0.39 is 0 Å². The molecule has 1 aliphatic rings. The number of aromatic nitrogens is 3. The molecule has 0 aliphatic carbocycles. The third kappa shape index (κ3) is 3.51. The normalized spacial score (nSPS) is 16.1. The summed E-state index contributed by atoms with van der Waals surface area (Å²) in [5.74, 6) is 0.988. The molecule has 0 unspecified atom stereocenters. The third-order valence-corrected chi connectivity index (χ3v) is 4.98. The van der Waals surface area contributed by atoms with Gasteiger partial charge in [-0.1, -0.05) is 6.07 Å². The standard InChI is InChI=1S/C20H24N4O2/c1-23-11-9-17-18(23)4-3-5-19(17)26-16-7-12-24(13-8-16)14-15-6-10-21-20(22-15)25-2/h3-6,9-11,16H,7-8,12-14H2,1-2H3. The molecule has 26 heavy (non-hydrogen) atoms. The van der Waals surface area contributed by atoms with Gasteiger partial charge >= 0.3 is 6.01 Å². The first-order chi connectivity index (χ1) is 12.7. The number of hydrogen-bond acceptors (Lipinski definition) is 5. The van der Waals surface area contributed by atoms with E-state index >= 15 is 0 Å². The van der Waals surface area contributed by atoms with E-state index in [4.69, 9.17) is 9.47 Å². The van der Waals surface area contributed by atoms with Crippen LogP contribution < -0.4 is 9.47 Å². The first-order valence-electron chi connectivity index (χ1n) is 9.02. The predicted octanol–water partition coefficient (Wildman–Crippen LogP) is 3.02. The number of ether oxygens (including phenoxy) is 2. The molecule has 1 fully saturated rings. The van der Waals surface area contributed by atoms with E-state index in [0.29, 0.717) is 6.01 Å². The second-order valence-electron chi connectivity index (χ2n) is 6.74. The molecule has 4 rings (SSSR count). The first kappa shape index (κ1) is 16.8. The summed E-state index contributed by atoms with van der Waals surface area (Å²) >= 11 is 0. The molecular weight excluding hydrogens is 328 g/mol. The summed E-state index contributed by atoms with van der Waals surface area (Å²) in [5, 5.41) is 1.19. The fourth-order valence-corrected chi connectivity index (χ4v) is 3.53. The zero-order valence-corrected chi connectivity index (χ0v) is 15.3. The molecule has 3 aromatic rings. The monoisotopic (exact) mass is 352 g/mol. The Hall–Kier alpha value is -2.60. The van der Waals surface area contributed by atoms with Gasteiger partial charge in [-0.2, -0.15) is 4.98 Å². The molecule has 0 saturated carbocycles. The van der Waals surface area contributed by atoms with Crippen LogP contribution >= 0.6 is 0 Å². The Morgan fingerprint density at radius 2 is 2.00 bits per heavy atom. The van der Waals surface area contributed by atoms with Crippen molar-refractivity contribution in [2.75, 3.05) is 20.2 Å². The summed E-state index contributed by atoms with van der Waals surface area (Å²) in [6.07, 6.45) is 6.13. The van der Waals surface area contributed by atoms with E-state index in [0.717, 1.165) is 43.9 Å². The quantitative estimate of drug-likeness (QED) is 0.706. The molecule has 0 radical (unpaired) electrons. The maximum absolute atomic E-state index is 6.33. The Morgan fingerprint density at radius 3 is 2.81 bits per heavy atom. The Labute approximate surface area is 153 Å². The highest BCUT2D eigenvalue weighted by molar-refractivity contribution is 5.86. The number of rotatable bonds is 5. The van der Waals surface area contributed by atoms with Crippen LogP contribution in [0.4, 0.5) is 0 Å². The van der Waals surface area contributed by atoms with Crippen molar-refractivity contribution in [3.63, 3.8) is 0 Å². The minimum absolute atomic E-state index is 0.261. The van der Waals surface area contributed by atoms with Crippen LogP contribution in [0.2, 0.25) is 0 Å². The molecule has 0 spiro atoms. The number of nitrogens with zero attached hydrogens (tertiary/aromatic N) is 4. The van der Waals surface area contributed by atoms with E-state index in [1.807, 2.05) is 6.07 Å². The van der Waals surface area contributed by atoms with E-state index in [-0.39, 0.29) is 6.10 Å². The van der Waals surface area contributed by atoms with E-state index in [2.05, 4.69) is 56.9 Å². The van der Waals surface area contributed by atoms with Crippen molar-refractivity contribution >= 4 is 10.9 Å². The SMILES string of the molecule is COc1nccc(CN2CCC(Oc3cccc4c3ccn4C)CC2)n1. The van der Waals surface area contributed by atoms with E-state index in [9.17, 15) is 0 Å². The smallest absolute Gasteiger partial charge is 0.316 e. The van der Waals surface area contributed by atoms with Gasteiger partial charge < -0.3 is 14.0 Å². The van der Waals surface area contributed by atoms with Gasteiger partial charge in [0.1, 0.15) is 11.9 Å². The zero-order chi connectivity index (χ0) is 17.9. The molecule has 0 N–H and O–H groups in total. The molecule has 0 bridgehead atoms. The van der Waals surface area contributed by atoms with Gasteiger partial charge in [-0.3, -0.25) is 4.90 Å². The molecule has 6 nitrogen and oxygen atoms in total. The highest BCUT2D eigenvalue weighted by Gasteiger charge is 2.22. The van der Waals surface area contributed by atoms with Gasteiger partial charge in [0.05, 0.1) is 18.3 Å². The van der Waals surface area contributed by atoms with Crippen molar-refractivity contribution in [3.05, 3.63) is 48.4 Å². The van der Waals surface area contributed by atoms with Gasteiger partial charge in [-0.15, -0.1) is 0 Å². The highest BCUT2D eigenvalue weighted by atomic mass is 16.5. The summed E-state index contributed by atoms with van der Waals surface area (Å²) in [6.45, 7) is 2.82. The van der Waals surface area contributed by atoms with Gasteiger partial charge in [0, 0.05) is 44.5 Å². The molecule has 2 aromatic heterocycles. The van der Waals surface area contributed by atoms with Crippen LogP contribution in [0.3, 0.4) is 0 Å². The fraction of sp³-hybridized carbons (Fsp3) is 0.400. The number of benzene rings is 1.